The third-order valence-electron chi connectivity index (χ3n) is 2.96. The van der Waals surface area contributed by atoms with Crippen molar-refractivity contribution in [2.24, 2.45) is 5.92 Å². The molecule has 2 heteroatoms. The molecule has 0 amide bonds. The number of benzene rings is 1. The van der Waals surface area contributed by atoms with Crippen LogP contribution in [0.1, 0.15) is 18.9 Å². The highest BCUT2D eigenvalue weighted by Crippen LogP contribution is 2.26. The zero-order valence-corrected chi connectivity index (χ0v) is 11.5. The van der Waals surface area contributed by atoms with Crippen LogP contribution in [0.25, 0.3) is 0 Å². The lowest BCUT2D eigenvalue weighted by molar-refractivity contribution is 0.841. The Morgan fingerprint density at radius 3 is 2.67 bits per heavy atom. The van der Waals surface area contributed by atoms with Crippen LogP contribution in [0.3, 0.4) is 0 Å². The maximum Gasteiger partial charge on any atom is 0.0386 e. The Kier molecular flexibility index (Phi) is 4.82. The smallest absolute Gasteiger partial charge is 0.0386 e. The van der Waals surface area contributed by atoms with Gasteiger partial charge in [0.2, 0.25) is 0 Å². The SMILES string of the molecule is CCCSC1=CC(Cc2ccccc2)C(=N)C=C1. The number of hydrogen-bond acceptors (Lipinski definition) is 2. The fourth-order valence-electron chi connectivity index (χ4n) is 1.99. The average molecular weight is 257 g/mol. The Hall–Kier alpha value is -1.28. The second-order valence-corrected chi connectivity index (χ2v) is 5.67. The van der Waals surface area contributed by atoms with Gasteiger partial charge in [-0.1, -0.05) is 43.3 Å². The summed E-state index contributed by atoms with van der Waals surface area (Å²) in [5, 5.41) is 8.02. The van der Waals surface area contributed by atoms with Crippen molar-refractivity contribution in [2.75, 3.05) is 5.75 Å². The maximum atomic E-state index is 8.02. The summed E-state index contributed by atoms with van der Waals surface area (Å²) in [5.74, 6) is 1.39. The first-order chi connectivity index (χ1) is 8.79. The first-order valence-corrected chi connectivity index (χ1v) is 7.43. The van der Waals surface area contributed by atoms with E-state index in [1.54, 1.807) is 0 Å². The van der Waals surface area contributed by atoms with Gasteiger partial charge >= 0.3 is 0 Å². The number of thioether (sulfide) groups is 1. The molecule has 0 aromatic heterocycles. The third-order valence-corrected chi connectivity index (χ3v) is 4.18. The lowest BCUT2D eigenvalue weighted by atomic mass is 9.91. The maximum absolute atomic E-state index is 8.02. The van der Waals surface area contributed by atoms with E-state index >= 15 is 0 Å². The summed E-state index contributed by atoms with van der Waals surface area (Å²) in [5.41, 5.74) is 2.03. The van der Waals surface area contributed by atoms with Crippen molar-refractivity contribution in [3.8, 4) is 0 Å². The van der Waals surface area contributed by atoms with Crippen molar-refractivity contribution in [2.45, 2.75) is 19.8 Å². The van der Waals surface area contributed by atoms with Crippen molar-refractivity contribution in [3.63, 3.8) is 0 Å². The molecule has 1 atom stereocenters. The van der Waals surface area contributed by atoms with E-state index in [0.717, 1.165) is 17.9 Å². The Balaban J connectivity index is 2.04. The standard InChI is InChI=1S/C16H19NS/c1-2-10-18-15-8-9-16(17)14(12-15)11-13-6-4-3-5-7-13/h3-9,12,14,17H,2,10-11H2,1H3. The van der Waals surface area contributed by atoms with Crippen LogP contribution in [0.2, 0.25) is 0 Å². The lowest BCUT2D eigenvalue weighted by Gasteiger charge is -2.17. The van der Waals surface area contributed by atoms with Gasteiger partial charge in [-0.3, -0.25) is 0 Å². The van der Waals surface area contributed by atoms with Gasteiger partial charge in [0.1, 0.15) is 0 Å². The van der Waals surface area contributed by atoms with Gasteiger partial charge in [-0.2, -0.15) is 0 Å². The molecule has 1 aromatic rings. The third kappa shape index (κ3) is 3.61. The van der Waals surface area contributed by atoms with Gasteiger partial charge in [-0.15, -0.1) is 11.8 Å². The van der Waals surface area contributed by atoms with E-state index in [2.05, 4.69) is 43.3 Å². The number of hydrogen-bond donors (Lipinski definition) is 1. The minimum absolute atomic E-state index is 0.233. The van der Waals surface area contributed by atoms with E-state index in [9.17, 15) is 0 Å². The molecule has 0 heterocycles. The topological polar surface area (TPSA) is 23.9 Å². The molecule has 94 valence electrons. The summed E-state index contributed by atoms with van der Waals surface area (Å²) < 4.78 is 0. The molecule has 0 saturated carbocycles. The largest absolute Gasteiger partial charge is 0.305 e. The van der Waals surface area contributed by atoms with Crippen LogP contribution < -0.4 is 0 Å². The molecule has 0 saturated heterocycles. The molecule has 0 fully saturated rings. The second-order valence-electron chi connectivity index (χ2n) is 4.50. The van der Waals surface area contributed by atoms with Crippen LogP contribution in [0.4, 0.5) is 0 Å². The number of allylic oxidation sites excluding steroid dienone is 3. The first-order valence-electron chi connectivity index (χ1n) is 6.44. The van der Waals surface area contributed by atoms with E-state index in [1.807, 2.05) is 23.9 Å². The molecule has 0 spiro atoms. The van der Waals surface area contributed by atoms with Gasteiger partial charge in [0.25, 0.3) is 0 Å². The van der Waals surface area contributed by atoms with Crippen molar-refractivity contribution in [1.29, 1.82) is 5.41 Å². The summed E-state index contributed by atoms with van der Waals surface area (Å²) in [6, 6.07) is 10.4. The summed E-state index contributed by atoms with van der Waals surface area (Å²) in [4.78, 5) is 1.31. The molecular formula is C16H19NS. The van der Waals surface area contributed by atoms with E-state index in [1.165, 1.54) is 16.9 Å². The van der Waals surface area contributed by atoms with E-state index in [-0.39, 0.29) is 5.92 Å². The fourth-order valence-corrected chi connectivity index (χ4v) is 2.86. The second kappa shape index (κ2) is 6.60. The summed E-state index contributed by atoms with van der Waals surface area (Å²) in [7, 11) is 0. The van der Waals surface area contributed by atoms with Crippen LogP contribution in [0, 0.1) is 11.3 Å². The Morgan fingerprint density at radius 2 is 1.94 bits per heavy atom. The van der Waals surface area contributed by atoms with Crippen LogP contribution >= 0.6 is 11.8 Å². The van der Waals surface area contributed by atoms with Gasteiger partial charge < -0.3 is 5.41 Å². The predicted octanol–water partition coefficient (Wildman–Crippen LogP) is 4.46. The molecule has 0 aliphatic heterocycles. The quantitative estimate of drug-likeness (QED) is 0.827. The summed E-state index contributed by atoms with van der Waals surface area (Å²) in [6.45, 7) is 2.20. The molecule has 0 radical (unpaired) electrons. The Bertz CT molecular complexity index is 459. The zero-order valence-electron chi connectivity index (χ0n) is 10.7. The molecule has 18 heavy (non-hydrogen) atoms. The van der Waals surface area contributed by atoms with E-state index < -0.39 is 0 Å². The van der Waals surface area contributed by atoms with Gasteiger partial charge in [0.05, 0.1) is 0 Å². The first kappa shape index (κ1) is 13.2. The van der Waals surface area contributed by atoms with Crippen molar-refractivity contribution in [1.82, 2.24) is 0 Å². The van der Waals surface area contributed by atoms with Crippen LogP contribution in [-0.4, -0.2) is 11.5 Å². The van der Waals surface area contributed by atoms with Crippen LogP contribution in [0.5, 0.6) is 0 Å². The molecule has 1 nitrogen and oxygen atoms in total. The molecule has 0 bridgehead atoms. The van der Waals surface area contributed by atoms with E-state index in [4.69, 9.17) is 5.41 Å². The van der Waals surface area contributed by atoms with Gasteiger partial charge in [-0.25, -0.2) is 0 Å². The molecule has 1 aromatic carbocycles. The minimum atomic E-state index is 0.233. The number of nitrogens with one attached hydrogen (secondary N) is 1. The molecule has 1 N–H and O–H groups in total. The molecular weight excluding hydrogens is 238 g/mol. The monoisotopic (exact) mass is 257 g/mol. The van der Waals surface area contributed by atoms with Gasteiger partial charge in [0, 0.05) is 16.5 Å². The fraction of sp³-hybridized carbons (Fsp3) is 0.312. The molecule has 2 rings (SSSR count). The highest BCUT2D eigenvalue weighted by molar-refractivity contribution is 8.03. The minimum Gasteiger partial charge on any atom is -0.305 e. The molecule has 1 aliphatic rings. The van der Waals surface area contributed by atoms with Crippen LogP contribution in [-0.2, 0) is 6.42 Å². The van der Waals surface area contributed by atoms with Crippen LogP contribution in [0.15, 0.2) is 53.5 Å². The Labute approximate surface area is 114 Å². The number of rotatable bonds is 5. The normalized spacial score (nSPS) is 18.8. The average Bonchev–Trinajstić information content (AvgIpc) is 2.41. The summed E-state index contributed by atoms with van der Waals surface area (Å²) >= 11 is 1.89. The highest BCUT2D eigenvalue weighted by atomic mass is 32.2. The summed E-state index contributed by atoms with van der Waals surface area (Å²) in [6.07, 6.45) is 8.39. The van der Waals surface area contributed by atoms with Crippen molar-refractivity contribution in [3.05, 3.63) is 59.0 Å². The molecule has 1 aliphatic carbocycles. The van der Waals surface area contributed by atoms with Gasteiger partial charge in [-0.05, 0) is 36.3 Å². The van der Waals surface area contributed by atoms with E-state index in [0.29, 0.717) is 0 Å². The zero-order chi connectivity index (χ0) is 12.8. The molecule has 1 unspecified atom stereocenters. The lowest BCUT2D eigenvalue weighted by Crippen LogP contribution is -2.15. The predicted molar refractivity (Wildman–Crippen MR) is 81.3 cm³/mol. The van der Waals surface area contributed by atoms with Crippen molar-refractivity contribution >= 4 is 17.5 Å². The Morgan fingerprint density at radius 1 is 1.17 bits per heavy atom. The van der Waals surface area contributed by atoms with Gasteiger partial charge in [0.15, 0.2) is 0 Å². The van der Waals surface area contributed by atoms with Crippen molar-refractivity contribution < 1.29 is 0 Å². The highest BCUT2D eigenvalue weighted by Gasteiger charge is 2.15.